The molecule has 1 N–H and O–H groups in total. The Hall–Kier alpha value is -4.40. The summed E-state index contributed by atoms with van der Waals surface area (Å²) in [5.41, 5.74) is 4.74. The molecule has 0 radical (unpaired) electrons. The van der Waals surface area contributed by atoms with E-state index >= 15 is 0 Å². The minimum atomic E-state index is -0.697. The number of aryl methyl sites for hydroxylation is 1. The summed E-state index contributed by atoms with van der Waals surface area (Å²) in [6.45, 7) is 1.82. The second kappa shape index (κ2) is 9.20. The van der Waals surface area contributed by atoms with Crippen LogP contribution in [0.4, 0.5) is 17.1 Å². The van der Waals surface area contributed by atoms with E-state index in [1.54, 1.807) is 36.4 Å². The summed E-state index contributed by atoms with van der Waals surface area (Å²) in [4.78, 5) is 39.1. The van der Waals surface area contributed by atoms with Gasteiger partial charge in [0.1, 0.15) is 0 Å². The predicted octanol–water partition coefficient (Wildman–Crippen LogP) is 5.01. The van der Waals surface area contributed by atoms with Crippen molar-refractivity contribution >= 4 is 28.9 Å². The third-order valence-electron chi connectivity index (χ3n) is 4.07. The van der Waals surface area contributed by atoms with Crippen molar-refractivity contribution < 1.29 is 19.3 Å². The molecule has 0 aliphatic carbocycles. The van der Waals surface area contributed by atoms with E-state index in [1.807, 2.05) is 19.1 Å². The Bertz CT molecular complexity index is 1110. The Morgan fingerprint density at radius 2 is 1.63 bits per heavy atom. The molecule has 9 heteroatoms. The number of nitrogens with zero attached hydrogens (tertiary/aromatic N) is 3. The van der Waals surface area contributed by atoms with Gasteiger partial charge in [0, 0.05) is 17.7 Å². The fourth-order valence-corrected chi connectivity index (χ4v) is 2.45. The van der Waals surface area contributed by atoms with Crippen LogP contribution >= 0.6 is 0 Å². The highest BCUT2D eigenvalue weighted by Crippen LogP contribution is 2.19. The molecule has 0 fully saturated rings. The number of amides is 1. The number of carbonyl (C=O) groups excluding carboxylic acids is 2. The van der Waals surface area contributed by atoms with E-state index in [4.69, 9.17) is 4.84 Å². The zero-order chi connectivity index (χ0) is 21.5. The number of hydrogen-bond acceptors (Lipinski definition) is 7. The van der Waals surface area contributed by atoms with Crippen LogP contribution in [0.25, 0.3) is 0 Å². The molecule has 0 bridgehead atoms. The number of hydrogen-bond donors (Lipinski definition) is 1. The van der Waals surface area contributed by atoms with E-state index in [1.165, 1.54) is 24.3 Å². The molecule has 0 aliphatic rings. The highest BCUT2D eigenvalue weighted by Gasteiger charge is 2.11. The Balaban J connectivity index is 1.56. The molecule has 0 saturated heterocycles. The first-order chi connectivity index (χ1) is 14.4. The molecule has 0 spiro atoms. The van der Waals surface area contributed by atoms with Crippen molar-refractivity contribution in [1.29, 1.82) is 0 Å². The Kier molecular flexibility index (Phi) is 6.23. The molecule has 3 aromatic rings. The lowest BCUT2D eigenvalue weighted by atomic mass is 10.1. The van der Waals surface area contributed by atoms with Gasteiger partial charge in [-0.2, -0.15) is 0 Å². The van der Waals surface area contributed by atoms with Gasteiger partial charge in [-0.3, -0.25) is 14.9 Å². The molecular formula is C21H16N4O5. The molecule has 3 rings (SSSR count). The second-order valence-corrected chi connectivity index (χ2v) is 6.16. The molecule has 0 heterocycles. The second-order valence-electron chi connectivity index (χ2n) is 6.16. The summed E-state index contributed by atoms with van der Waals surface area (Å²) in [5.74, 6) is -1.13. The maximum atomic E-state index is 12.1. The zero-order valence-electron chi connectivity index (χ0n) is 15.8. The number of non-ortho nitro benzene ring substituents is 1. The van der Waals surface area contributed by atoms with Crippen molar-refractivity contribution in [1.82, 2.24) is 0 Å². The van der Waals surface area contributed by atoms with Gasteiger partial charge in [0.2, 0.25) is 0 Å². The monoisotopic (exact) mass is 404 g/mol. The third-order valence-corrected chi connectivity index (χ3v) is 4.07. The molecule has 9 nitrogen and oxygen atoms in total. The van der Waals surface area contributed by atoms with Crippen LogP contribution in [-0.4, -0.2) is 16.8 Å². The number of nitrogens with one attached hydrogen (secondary N) is 1. The number of azo groups is 1. The van der Waals surface area contributed by atoms with Crippen molar-refractivity contribution in [2.45, 2.75) is 6.92 Å². The lowest BCUT2D eigenvalue weighted by Gasteiger charge is -2.06. The summed E-state index contributed by atoms with van der Waals surface area (Å²) >= 11 is 0. The van der Waals surface area contributed by atoms with E-state index in [2.05, 4.69) is 15.7 Å². The first-order valence-corrected chi connectivity index (χ1v) is 8.77. The molecule has 0 saturated carbocycles. The van der Waals surface area contributed by atoms with Crippen molar-refractivity contribution in [2.24, 2.45) is 10.2 Å². The first kappa shape index (κ1) is 20.3. The van der Waals surface area contributed by atoms with Crippen LogP contribution in [0.3, 0.4) is 0 Å². The van der Waals surface area contributed by atoms with Gasteiger partial charge in [-0.05, 0) is 55.0 Å². The van der Waals surface area contributed by atoms with Crippen LogP contribution in [0, 0.1) is 17.0 Å². The summed E-state index contributed by atoms with van der Waals surface area (Å²) in [6.07, 6.45) is 0. The van der Waals surface area contributed by atoms with E-state index in [-0.39, 0.29) is 11.3 Å². The molecule has 3 aromatic carbocycles. The topological polar surface area (TPSA) is 123 Å². The highest BCUT2D eigenvalue weighted by atomic mass is 16.7. The smallest absolute Gasteiger partial charge is 0.338 e. The van der Waals surface area contributed by atoms with Gasteiger partial charge in [0.25, 0.3) is 11.6 Å². The lowest BCUT2D eigenvalue weighted by molar-refractivity contribution is -0.384. The molecule has 150 valence electrons. The molecule has 0 aliphatic heterocycles. The van der Waals surface area contributed by atoms with Crippen LogP contribution in [-0.2, 0) is 4.84 Å². The Labute approximate surface area is 171 Å². The van der Waals surface area contributed by atoms with Gasteiger partial charge in [0.15, 0.2) is 0 Å². The fourth-order valence-electron chi connectivity index (χ4n) is 2.45. The average Bonchev–Trinajstić information content (AvgIpc) is 2.77. The summed E-state index contributed by atoms with van der Waals surface area (Å²) in [7, 11) is 0. The van der Waals surface area contributed by atoms with Gasteiger partial charge >= 0.3 is 5.97 Å². The molecule has 0 atom stereocenters. The fraction of sp³-hybridized carbons (Fsp3) is 0.0476. The van der Waals surface area contributed by atoms with Gasteiger partial charge in [0.05, 0.1) is 21.9 Å². The minimum Gasteiger partial charge on any atom is -0.338 e. The zero-order valence-corrected chi connectivity index (χ0v) is 15.8. The van der Waals surface area contributed by atoms with Gasteiger partial charge in [-0.25, -0.2) is 10.3 Å². The summed E-state index contributed by atoms with van der Waals surface area (Å²) in [5, 5.41) is 18.3. The van der Waals surface area contributed by atoms with Crippen LogP contribution in [0.1, 0.15) is 26.3 Å². The largest absolute Gasteiger partial charge is 0.362 e. The first-order valence-electron chi connectivity index (χ1n) is 8.77. The average molecular weight is 404 g/mol. The maximum absolute atomic E-state index is 12.1. The third kappa shape index (κ3) is 5.10. The number of nitro benzene ring substituents is 1. The van der Waals surface area contributed by atoms with Crippen molar-refractivity contribution in [3.63, 3.8) is 0 Å². The standard InChI is InChI=1S/C21H16N4O5/c1-14-4-2-3-5-19(14)20(26)23-22-16-8-10-17(11-9-16)24-30-21(27)15-6-12-18(13-7-15)25(28)29/h2-13,24H,1H3. The minimum absolute atomic E-state index is 0.120. The highest BCUT2D eigenvalue weighted by molar-refractivity contribution is 5.96. The van der Waals surface area contributed by atoms with Gasteiger partial charge in [-0.1, -0.05) is 18.2 Å². The van der Waals surface area contributed by atoms with Crippen LogP contribution in [0.5, 0.6) is 0 Å². The van der Waals surface area contributed by atoms with Crippen LogP contribution in [0.2, 0.25) is 0 Å². The lowest BCUT2D eigenvalue weighted by Crippen LogP contribution is -2.10. The predicted molar refractivity (Wildman–Crippen MR) is 109 cm³/mol. The van der Waals surface area contributed by atoms with E-state index in [9.17, 15) is 19.7 Å². The van der Waals surface area contributed by atoms with Crippen molar-refractivity contribution in [2.75, 3.05) is 5.48 Å². The van der Waals surface area contributed by atoms with Crippen LogP contribution in [0.15, 0.2) is 83.0 Å². The van der Waals surface area contributed by atoms with E-state index in [0.717, 1.165) is 5.56 Å². The molecular weight excluding hydrogens is 388 g/mol. The van der Waals surface area contributed by atoms with Crippen LogP contribution < -0.4 is 5.48 Å². The molecule has 0 aromatic heterocycles. The summed E-state index contributed by atoms with van der Waals surface area (Å²) < 4.78 is 0. The quantitative estimate of drug-likeness (QED) is 0.350. The number of nitro groups is 1. The normalized spacial score (nSPS) is 10.6. The maximum Gasteiger partial charge on any atom is 0.362 e. The number of rotatable bonds is 6. The van der Waals surface area contributed by atoms with Crippen molar-refractivity contribution in [3.8, 4) is 0 Å². The number of anilines is 1. The Morgan fingerprint density at radius 3 is 2.27 bits per heavy atom. The van der Waals surface area contributed by atoms with E-state index < -0.39 is 16.8 Å². The van der Waals surface area contributed by atoms with Gasteiger partial charge < -0.3 is 4.84 Å². The number of benzene rings is 3. The Morgan fingerprint density at radius 1 is 0.967 bits per heavy atom. The molecule has 1 amide bonds. The molecule has 30 heavy (non-hydrogen) atoms. The van der Waals surface area contributed by atoms with Gasteiger partial charge in [-0.15, -0.1) is 10.2 Å². The molecule has 0 unspecified atom stereocenters. The SMILES string of the molecule is Cc1ccccc1C(=O)N=Nc1ccc(NOC(=O)c2ccc([N+](=O)[O-])cc2)cc1. The summed E-state index contributed by atoms with van der Waals surface area (Å²) in [6, 6.07) is 18.5. The van der Waals surface area contributed by atoms with Crippen molar-refractivity contribution in [3.05, 3.63) is 99.6 Å². The number of carbonyl (C=O) groups is 2. The van der Waals surface area contributed by atoms with E-state index in [0.29, 0.717) is 16.9 Å².